The van der Waals surface area contributed by atoms with Crippen LogP contribution in [0.5, 0.6) is 5.75 Å². The summed E-state index contributed by atoms with van der Waals surface area (Å²) in [6.07, 6.45) is 1.21. The first kappa shape index (κ1) is 32.3. The maximum atomic E-state index is 14.8. The Hall–Kier alpha value is -5.07. The standard InChI is InChI=1S/C30H28ClF2N7O6/c1-37-22(20-4-5-23(46-11-6-34)26(33)25(20)32)13-35-27(37)28(42)36-18-2-3-19(21(31)12-18)29(43)40-9-7-39(8-10-40)24(41)16-38-14-17(15-38)30(44)45/h2-5,12-13,17H,7-11,14-16H2,1H3,(H,36,42)(H,44,45). The number of aromatic nitrogens is 2. The molecule has 2 aliphatic heterocycles. The van der Waals surface area contributed by atoms with Crippen molar-refractivity contribution in [3.8, 4) is 23.1 Å². The molecular formula is C30H28ClF2N7O6. The molecule has 0 unspecified atom stereocenters. The number of carbonyl (C=O) groups excluding carboxylic acids is 3. The number of likely N-dealkylation sites (tertiary alicyclic amines) is 1. The van der Waals surface area contributed by atoms with E-state index in [4.69, 9.17) is 26.7 Å². The summed E-state index contributed by atoms with van der Waals surface area (Å²) in [5.41, 5.74) is 0.413. The number of amides is 3. The largest absolute Gasteiger partial charge is 0.481 e. The number of benzene rings is 2. The van der Waals surface area contributed by atoms with E-state index in [1.165, 1.54) is 48.1 Å². The molecule has 0 bridgehead atoms. The smallest absolute Gasteiger partial charge is 0.309 e. The van der Waals surface area contributed by atoms with Gasteiger partial charge in [-0.25, -0.2) is 9.37 Å². The van der Waals surface area contributed by atoms with Gasteiger partial charge in [0.1, 0.15) is 6.07 Å². The van der Waals surface area contributed by atoms with Gasteiger partial charge in [0.2, 0.25) is 11.7 Å². The monoisotopic (exact) mass is 655 g/mol. The second kappa shape index (κ2) is 13.5. The Bertz CT molecular complexity index is 1750. The zero-order valence-electron chi connectivity index (χ0n) is 24.5. The number of carbonyl (C=O) groups is 4. The number of ether oxygens (including phenoxy) is 1. The highest BCUT2D eigenvalue weighted by Crippen LogP contribution is 2.30. The third-order valence-corrected chi connectivity index (χ3v) is 8.16. The van der Waals surface area contributed by atoms with Gasteiger partial charge in [0, 0.05) is 57.6 Å². The molecule has 1 aromatic heterocycles. The first-order valence-corrected chi connectivity index (χ1v) is 14.5. The van der Waals surface area contributed by atoms with Crippen molar-refractivity contribution in [2.75, 3.05) is 57.7 Å². The average molecular weight is 656 g/mol. The van der Waals surface area contributed by atoms with E-state index in [9.17, 15) is 28.0 Å². The Kier molecular flexibility index (Phi) is 9.49. The summed E-state index contributed by atoms with van der Waals surface area (Å²) in [6.45, 7) is 1.60. The normalized spacial score (nSPS) is 15.2. The number of nitriles is 1. The molecule has 3 heterocycles. The molecule has 0 radical (unpaired) electrons. The van der Waals surface area contributed by atoms with Crippen LogP contribution in [0, 0.1) is 28.9 Å². The maximum Gasteiger partial charge on any atom is 0.309 e. The third-order valence-electron chi connectivity index (χ3n) is 7.85. The molecule has 5 rings (SSSR count). The van der Waals surface area contributed by atoms with Crippen LogP contribution in [0.15, 0.2) is 36.5 Å². The summed E-state index contributed by atoms with van der Waals surface area (Å²) in [5, 5.41) is 20.3. The average Bonchev–Trinajstić information content (AvgIpc) is 3.39. The molecule has 0 spiro atoms. The second-order valence-electron chi connectivity index (χ2n) is 10.8. The molecule has 2 saturated heterocycles. The van der Waals surface area contributed by atoms with Crippen LogP contribution >= 0.6 is 11.6 Å². The minimum atomic E-state index is -1.28. The highest BCUT2D eigenvalue weighted by molar-refractivity contribution is 6.34. The van der Waals surface area contributed by atoms with Crippen molar-refractivity contribution < 1.29 is 37.8 Å². The first-order valence-electron chi connectivity index (χ1n) is 14.1. The molecular weight excluding hydrogens is 628 g/mol. The number of nitrogens with one attached hydrogen (secondary N) is 1. The lowest BCUT2D eigenvalue weighted by molar-refractivity contribution is -0.150. The molecule has 240 valence electrons. The second-order valence-corrected chi connectivity index (χ2v) is 11.2. The number of hydrogen-bond acceptors (Lipinski definition) is 8. The summed E-state index contributed by atoms with van der Waals surface area (Å²) in [7, 11) is 1.45. The van der Waals surface area contributed by atoms with Crippen molar-refractivity contribution in [2.45, 2.75) is 0 Å². The lowest BCUT2D eigenvalue weighted by Crippen LogP contribution is -2.56. The number of imidazole rings is 1. The Balaban J connectivity index is 1.18. The van der Waals surface area contributed by atoms with Crippen LogP contribution in [-0.4, -0.2) is 105 Å². The summed E-state index contributed by atoms with van der Waals surface area (Å²) < 4.78 is 35.4. The molecule has 13 nitrogen and oxygen atoms in total. The van der Waals surface area contributed by atoms with Gasteiger partial charge in [-0.2, -0.15) is 9.65 Å². The number of anilines is 1. The van der Waals surface area contributed by atoms with Gasteiger partial charge in [0.05, 0.1) is 34.9 Å². The molecule has 0 atom stereocenters. The quantitative estimate of drug-likeness (QED) is 0.353. The Morgan fingerprint density at radius 3 is 2.43 bits per heavy atom. The van der Waals surface area contributed by atoms with Crippen LogP contribution in [0.3, 0.4) is 0 Å². The molecule has 2 aromatic carbocycles. The molecule has 16 heteroatoms. The first-order chi connectivity index (χ1) is 22.0. The van der Waals surface area contributed by atoms with Crippen LogP contribution in [0.1, 0.15) is 21.0 Å². The van der Waals surface area contributed by atoms with E-state index in [-0.39, 0.29) is 51.7 Å². The lowest BCUT2D eigenvalue weighted by Gasteiger charge is -2.39. The van der Waals surface area contributed by atoms with Gasteiger partial charge in [-0.05, 0) is 30.3 Å². The third kappa shape index (κ3) is 6.63. The Labute approximate surface area is 266 Å². The number of aliphatic carboxylic acids is 1. The number of piperazine rings is 1. The van der Waals surface area contributed by atoms with Gasteiger partial charge in [0.15, 0.2) is 24.0 Å². The lowest BCUT2D eigenvalue weighted by atomic mass is 10.0. The molecule has 3 amide bonds. The number of carboxylic acid groups (broad SMARTS) is 1. The molecule has 2 aliphatic rings. The zero-order valence-corrected chi connectivity index (χ0v) is 25.3. The van der Waals surface area contributed by atoms with E-state index >= 15 is 0 Å². The summed E-state index contributed by atoms with van der Waals surface area (Å²) in [6, 6.07) is 8.47. The maximum absolute atomic E-state index is 14.8. The molecule has 0 aliphatic carbocycles. The summed E-state index contributed by atoms with van der Waals surface area (Å²) in [4.78, 5) is 58.8. The molecule has 46 heavy (non-hydrogen) atoms. The van der Waals surface area contributed by atoms with E-state index in [1.54, 1.807) is 20.8 Å². The SMILES string of the molecule is Cn1c(-c2ccc(OCC#N)c(F)c2F)cnc1C(=O)Nc1ccc(C(=O)N2CCN(C(=O)CN3CC(C(=O)O)C3)CC2)c(Cl)c1. The number of hydrogen-bond donors (Lipinski definition) is 2. The Morgan fingerprint density at radius 1 is 1.09 bits per heavy atom. The molecule has 2 N–H and O–H groups in total. The van der Waals surface area contributed by atoms with Crippen LogP contribution in [0.4, 0.5) is 14.5 Å². The number of rotatable bonds is 9. The van der Waals surface area contributed by atoms with Gasteiger partial charge < -0.3 is 29.5 Å². The summed E-state index contributed by atoms with van der Waals surface area (Å²) in [5.74, 6) is -5.48. The highest BCUT2D eigenvalue weighted by Gasteiger charge is 2.35. The molecule has 2 fully saturated rings. The van der Waals surface area contributed by atoms with E-state index < -0.39 is 41.8 Å². The summed E-state index contributed by atoms with van der Waals surface area (Å²) >= 11 is 6.42. The number of halogens is 3. The van der Waals surface area contributed by atoms with E-state index in [1.807, 2.05) is 0 Å². The van der Waals surface area contributed by atoms with Crippen molar-refractivity contribution in [2.24, 2.45) is 13.0 Å². The van der Waals surface area contributed by atoms with E-state index in [0.717, 1.165) is 0 Å². The van der Waals surface area contributed by atoms with Crippen LogP contribution < -0.4 is 10.1 Å². The van der Waals surface area contributed by atoms with Crippen LogP contribution in [0.25, 0.3) is 11.3 Å². The van der Waals surface area contributed by atoms with E-state index in [2.05, 4.69) is 10.3 Å². The van der Waals surface area contributed by atoms with Crippen molar-refractivity contribution in [1.82, 2.24) is 24.3 Å². The van der Waals surface area contributed by atoms with Crippen molar-refractivity contribution >= 4 is 41.0 Å². The van der Waals surface area contributed by atoms with E-state index in [0.29, 0.717) is 39.3 Å². The zero-order chi connectivity index (χ0) is 33.1. The van der Waals surface area contributed by atoms with Gasteiger partial charge >= 0.3 is 5.97 Å². The fraction of sp³-hybridized carbons (Fsp3) is 0.333. The van der Waals surface area contributed by atoms with Crippen molar-refractivity contribution in [3.63, 3.8) is 0 Å². The van der Waals surface area contributed by atoms with Gasteiger partial charge in [0.25, 0.3) is 11.8 Å². The highest BCUT2D eigenvalue weighted by atomic mass is 35.5. The van der Waals surface area contributed by atoms with Gasteiger partial charge in [-0.15, -0.1) is 0 Å². The van der Waals surface area contributed by atoms with Crippen molar-refractivity contribution in [3.05, 3.63) is 64.6 Å². The van der Waals surface area contributed by atoms with Crippen LogP contribution in [0.2, 0.25) is 5.02 Å². The van der Waals surface area contributed by atoms with Gasteiger partial charge in [-0.3, -0.25) is 24.1 Å². The van der Waals surface area contributed by atoms with Gasteiger partial charge in [-0.1, -0.05) is 11.6 Å². The number of carboxylic acids is 1. The Morgan fingerprint density at radius 2 is 1.78 bits per heavy atom. The minimum Gasteiger partial charge on any atom is -0.481 e. The molecule has 3 aromatic rings. The number of nitrogens with zero attached hydrogens (tertiary/aromatic N) is 6. The van der Waals surface area contributed by atoms with Crippen molar-refractivity contribution in [1.29, 1.82) is 5.26 Å². The predicted octanol–water partition coefficient (Wildman–Crippen LogP) is 2.47. The minimum absolute atomic E-state index is 0.0869. The van der Waals surface area contributed by atoms with Crippen LogP contribution in [-0.2, 0) is 16.6 Å². The fourth-order valence-electron chi connectivity index (χ4n) is 5.25. The topological polar surface area (TPSA) is 161 Å². The molecule has 0 saturated carbocycles. The fourth-order valence-corrected chi connectivity index (χ4v) is 5.51. The predicted molar refractivity (Wildman–Crippen MR) is 159 cm³/mol.